The highest BCUT2D eigenvalue weighted by atomic mass is 32.2. The third kappa shape index (κ3) is 4.26. The highest BCUT2D eigenvalue weighted by Gasteiger charge is 2.02. The normalized spacial score (nSPS) is 10.8. The zero-order valence-corrected chi connectivity index (χ0v) is 6.36. The van der Waals surface area contributed by atoms with Crippen molar-refractivity contribution in [2.75, 3.05) is 5.75 Å². The summed E-state index contributed by atoms with van der Waals surface area (Å²) in [5.41, 5.74) is 0. The minimum absolute atomic E-state index is 0.00819. The van der Waals surface area contributed by atoms with Gasteiger partial charge in [0.1, 0.15) is 0 Å². The molecule has 0 atom stereocenters. The Hall–Kier alpha value is -0.640. The molecule has 0 spiro atoms. The monoisotopic (exact) mass is 161 g/mol. The van der Waals surface area contributed by atoms with Gasteiger partial charge in [-0.1, -0.05) is 6.58 Å². The van der Waals surface area contributed by atoms with Crippen LogP contribution in [-0.4, -0.2) is 20.5 Å². The third-order valence-electron chi connectivity index (χ3n) is 0.962. The molecule has 57 valence electrons. The van der Waals surface area contributed by atoms with Crippen LogP contribution in [0.2, 0.25) is 0 Å². The number of sulfone groups is 1. The molecule has 0 N–H and O–H groups in total. The molecule has 0 aromatic rings. The summed E-state index contributed by atoms with van der Waals surface area (Å²) in [4.78, 5) is 9.63. The molecule has 0 bridgehead atoms. The quantitative estimate of drug-likeness (QED) is 0.549. The summed E-state index contributed by atoms with van der Waals surface area (Å²) < 4.78 is 21.3. The zero-order valence-electron chi connectivity index (χ0n) is 5.54. The summed E-state index contributed by atoms with van der Waals surface area (Å²) in [5.74, 6) is -0.00819. The van der Waals surface area contributed by atoms with E-state index >= 15 is 0 Å². The van der Waals surface area contributed by atoms with E-state index in [4.69, 9.17) is 0 Å². The molecule has 0 unspecified atom stereocenters. The molecule has 0 saturated carbocycles. The summed E-state index contributed by atoms with van der Waals surface area (Å²) in [6.07, 6.45) is 2.12. The standard InChI is InChI=1S/C6H9O3S/c1-2-10(8,9)6-4-3-5-7/h2H,1,3-4,6H2. The molecular formula is C6H9O3S. The predicted octanol–water partition coefficient (Wildman–Crippen LogP) is 0.435. The fraction of sp³-hybridized carbons (Fsp3) is 0.500. The van der Waals surface area contributed by atoms with Crippen molar-refractivity contribution >= 4 is 16.1 Å². The van der Waals surface area contributed by atoms with E-state index in [-0.39, 0.29) is 12.2 Å². The molecule has 1 radical (unpaired) electrons. The molecule has 0 aliphatic heterocycles. The van der Waals surface area contributed by atoms with Crippen LogP contribution in [0.5, 0.6) is 0 Å². The van der Waals surface area contributed by atoms with E-state index < -0.39 is 9.84 Å². The average molecular weight is 161 g/mol. The van der Waals surface area contributed by atoms with E-state index in [0.717, 1.165) is 5.41 Å². The first-order valence-electron chi connectivity index (χ1n) is 2.82. The first kappa shape index (κ1) is 9.36. The van der Waals surface area contributed by atoms with Crippen LogP contribution in [0.4, 0.5) is 0 Å². The van der Waals surface area contributed by atoms with Crippen LogP contribution in [-0.2, 0) is 14.6 Å². The molecule has 0 amide bonds. The van der Waals surface area contributed by atoms with Gasteiger partial charge < -0.3 is 0 Å². The van der Waals surface area contributed by atoms with Gasteiger partial charge in [-0.2, -0.15) is 0 Å². The topological polar surface area (TPSA) is 51.2 Å². The fourth-order valence-corrected chi connectivity index (χ4v) is 1.14. The van der Waals surface area contributed by atoms with Gasteiger partial charge in [0, 0.05) is 11.8 Å². The van der Waals surface area contributed by atoms with Gasteiger partial charge in [0.05, 0.1) is 5.75 Å². The second-order valence-electron chi connectivity index (χ2n) is 1.78. The molecule has 0 heterocycles. The van der Waals surface area contributed by atoms with Crippen molar-refractivity contribution in [3.05, 3.63) is 12.0 Å². The van der Waals surface area contributed by atoms with Crippen molar-refractivity contribution in [2.45, 2.75) is 12.8 Å². The first-order valence-corrected chi connectivity index (χ1v) is 4.54. The van der Waals surface area contributed by atoms with Crippen molar-refractivity contribution in [1.29, 1.82) is 0 Å². The lowest BCUT2D eigenvalue weighted by atomic mass is 10.4. The molecule has 3 nitrogen and oxygen atoms in total. The van der Waals surface area contributed by atoms with Gasteiger partial charge in [0.15, 0.2) is 16.1 Å². The van der Waals surface area contributed by atoms with E-state index in [2.05, 4.69) is 6.58 Å². The SMILES string of the molecule is C=CS(=O)(=O)CCC[C]=O. The zero-order chi connectivity index (χ0) is 8.04. The third-order valence-corrected chi connectivity index (χ3v) is 2.33. The van der Waals surface area contributed by atoms with Crippen molar-refractivity contribution in [3.8, 4) is 0 Å². The summed E-state index contributed by atoms with van der Waals surface area (Å²) in [6.45, 7) is 3.12. The van der Waals surface area contributed by atoms with Gasteiger partial charge in [-0.25, -0.2) is 8.42 Å². The summed E-state index contributed by atoms with van der Waals surface area (Å²) in [5, 5.41) is 0.901. The van der Waals surface area contributed by atoms with E-state index in [1.54, 1.807) is 6.29 Å². The molecule has 0 saturated heterocycles. The van der Waals surface area contributed by atoms with Gasteiger partial charge in [-0.15, -0.1) is 0 Å². The second kappa shape index (κ2) is 4.22. The van der Waals surface area contributed by atoms with Gasteiger partial charge >= 0.3 is 0 Å². The van der Waals surface area contributed by atoms with Crippen molar-refractivity contribution < 1.29 is 13.2 Å². The van der Waals surface area contributed by atoms with Crippen LogP contribution in [0.15, 0.2) is 12.0 Å². The number of rotatable bonds is 5. The molecule has 0 aromatic carbocycles. The van der Waals surface area contributed by atoms with Crippen LogP contribution < -0.4 is 0 Å². The van der Waals surface area contributed by atoms with Crippen molar-refractivity contribution in [1.82, 2.24) is 0 Å². The fourth-order valence-electron chi connectivity index (χ4n) is 0.429. The minimum atomic E-state index is -3.11. The number of unbranched alkanes of at least 4 members (excludes halogenated alkanes) is 1. The van der Waals surface area contributed by atoms with Crippen LogP contribution in [0.1, 0.15) is 12.8 Å². The summed E-state index contributed by atoms with van der Waals surface area (Å²) in [6, 6.07) is 0. The predicted molar refractivity (Wildman–Crippen MR) is 38.9 cm³/mol. The van der Waals surface area contributed by atoms with E-state index in [0.29, 0.717) is 6.42 Å². The molecule has 10 heavy (non-hydrogen) atoms. The summed E-state index contributed by atoms with van der Waals surface area (Å²) in [7, 11) is -3.11. The molecule has 0 fully saturated rings. The number of carbonyl (C=O) groups excluding carboxylic acids is 1. The Labute approximate surface area is 60.7 Å². The maximum atomic E-state index is 10.6. The maximum absolute atomic E-state index is 10.6. The maximum Gasteiger partial charge on any atom is 0.198 e. The molecule has 4 heteroatoms. The second-order valence-corrected chi connectivity index (χ2v) is 3.85. The minimum Gasteiger partial charge on any atom is -0.291 e. The lowest BCUT2D eigenvalue weighted by molar-refractivity contribution is 0.550. The Morgan fingerprint density at radius 2 is 2.10 bits per heavy atom. The van der Waals surface area contributed by atoms with E-state index in [1.807, 2.05) is 0 Å². The lowest BCUT2D eigenvalue weighted by Gasteiger charge is -1.92. The van der Waals surface area contributed by atoms with E-state index in [1.165, 1.54) is 0 Å². The number of hydrogen-bond acceptors (Lipinski definition) is 3. The van der Waals surface area contributed by atoms with Crippen LogP contribution in [0.3, 0.4) is 0 Å². The molecule has 0 aliphatic rings. The van der Waals surface area contributed by atoms with E-state index in [9.17, 15) is 13.2 Å². The van der Waals surface area contributed by atoms with Gasteiger partial charge in [0.2, 0.25) is 0 Å². The van der Waals surface area contributed by atoms with Crippen molar-refractivity contribution in [2.24, 2.45) is 0 Å². The summed E-state index contributed by atoms with van der Waals surface area (Å²) >= 11 is 0. The van der Waals surface area contributed by atoms with Crippen molar-refractivity contribution in [3.63, 3.8) is 0 Å². The van der Waals surface area contributed by atoms with Crippen LogP contribution >= 0.6 is 0 Å². The van der Waals surface area contributed by atoms with Crippen LogP contribution in [0.25, 0.3) is 0 Å². The molecule has 0 aromatic heterocycles. The molecule has 0 rings (SSSR count). The average Bonchev–Trinajstić information content (AvgIpc) is 1.89. The smallest absolute Gasteiger partial charge is 0.198 e. The highest BCUT2D eigenvalue weighted by Crippen LogP contribution is 1.95. The lowest BCUT2D eigenvalue weighted by Crippen LogP contribution is -2.01. The van der Waals surface area contributed by atoms with Gasteiger partial charge in [-0.3, -0.25) is 4.79 Å². The highest BCUT2D eigenvalue weighted by molar-refractivity contribution is 7.94. The Morgan fingerprint density at radius 1 is 1.50 bits per heavy atom. The van der Waals surface area contributed by atoms with Gasteiger partial charge in [0.25, 0.3) is 0 Å². The number of hydrogen-bond donors (Lipinski definition) is 0. The van der Waals surface area contributed by atoms with Crippen LogP contribution in [0, 0.1) is 0 Å². The molecular weight excluding hydrogens is 152 g/mol. The Balaban J connectivity index is 3.69. The van der Waals surface area contributed by atoms with Gasteiger partial charge in [-0.05, 0) is 6.42 Å². The molecule has 0 aliphatic carbocycles. The first-order chi connectivity index (χ1) is 4.62. The Bertz CT molecular complexity index is 203. The largest absolute Gasteiger partial charge is 0.291 e. The Morgan fingerprint density at radius 3 is 2.50 bits per heavy atom. The Kier molecular flexibility index (Phi) is 3.95.